The third kappa shape index (κ3) is 4.83. The summed E-state index contributed by atoms with van der Waals surface area (Å²) in [4.78, 5) is 26.5. The maximum Gasteiger partial charge on any atom is 0.244 e. The van der Waals surface area contributed by atoms with Crippen molar-refractivity contribution in [2.75, 3.05) is 27.7 Å². The van der Waals surface area contributed by atoms with Gasteiger partial charge in [-0.15, -0.1) is 12.4 Å². The zero-order valence-electron chi connectivity index (χ0n) is 12.3. The molecule has 2 amide bonds. The number of benzene rings is 1. The van der Waals surface area contributed by atoms with Gasteiger partial charge in [-0.05, 0) is 12.5 Å². The Morgan fingerprint density at radius 3 is 2.10 bits per heavy atom. The van der Waals surface area contributed by atoms with E-state index in [2.05, 4.69) is 0 Å². The zero-order valence-corrected chi connectivity index (χ0v) is 13.1. The highest BCUT2D eigenvalue weighted by atomic mass is 35.5. The highest BCUT2D eigenvalue weighted by Crippen LogP contribution is 2.13. The molecule has 5 nitrogen and oxygen atoms in total. The lowest BCUT2D eigenvalue weighted by atomic mass is 10.0. The third-order valence-electron chi connectivity index (χ3n) is 2.95. The summed E-state index contributed by atoms with van der Waals surface area (Å²) in [6.07, 6.45) is 0. The molecule has 0 saturated heterocycles. The summed E-state index contributed by atoms with van der Waals surface area (Å²) in [5.74, 6) is -0.397. The van der Waals surface area contributed by atoms with Gasteiger partial charge in [-0.1, -0.05) is 29.8 Å². The van der Waals surface area contributed by atoms with Crippen LogP contribution in [0.15, 0.2) is 24.3 Å². The van der Waals surface area contributed by atoms with Gasteiger partial charge in [-0.3, -0.25) is 9.59 Å². The number of likely N-dealkylation sites (N-methyl/N-ethyl adjacent to an activating group) is 2. The Hall–Kier alpha value is -1.59. The van der Waals surface area contributed by atoms with Crippen LogP contribution in [0.4, 0.5) is 0 Å². The van der Waals surface area contributed by atoms with Crippen LogP contribution in [0.1, 0.15) is 17.2 Å². The Balaban J connectivity index is 0.00000361. The normalized spacial score (nSPS) is 11.2. The first kappa shape index (κ1) is 18.4. The molecule has 0 spiro atoms. The molecule has 0 aliphatic heterocycles. The van der Waals surface area contributed by atoms with Crippen LogP contribution in [0, 0.1) is 6.92 Å². The highest BCUT2D eigenvalue weighted by Gasteiger charge is 2.21. The van der Waals surface area contributed by atoms with E-state index in [4.69, 9.17) is 5.73 Å². The number of nitrogens with zero attached hydrogens (tertiary/aromatic N) is 2. The molecule has 6 heteroatoms. The standard InChI is InChI=1S/C14H21N3O2.ClH/c1-10-5-7-11(8-6-10)13(15)14(19)17(4)9-12(18)16(2)3;/h5-8,13H,9,15H2,1-4H3;1H. The average Bonchev–Trinajstić information content (AvgIpc) is 2.37. The summed E-state index contributed by atoms with van der Waals surface area (Å²) < 4.78 is 0. The molecule has 0 aliphatic carbocycles. The fraction of sp³-hybridized carbons (Fsp3) is 0.429. The summed E-state index contributed by atoms with van der Waals surface area (Å²) in [5, 5.41) is 0. The van der Waals surface area contributed by atoms with Gasteiger partial charge >= 0.3 is 0 Å². The maximum absolute atomic E-state index is 12.1. The highest BCUT2D eigenvalue weighted by molar-refractivity contribution is 5.87. The topological polar surface area (TPSA) is 66.6 Å². The van der Waals surface area contributed by atoms with Crippen molar-refractivity contribution in [3.8, 4) is 0 Å². The molecule has 0 radical (unpaired) electrons. The molecule has 1 rings (SSSR count). The van der Waals surface area contributed by atoms with Crippen LogP contribution < -0.4 is 5.73 Å². The van der Waals surface area contributed by atoms with Gasteiger partial charge in [0.05, 0.1) is 6.54 Å². The second-order valence-electron chi connectivity index (χ2n) is 4.87. The Morgan fingerprint density at radius 1 is 1.15 bits per heavy atom. The van der Waals surface area contributed by atoms with Crippen molar-refractivity contribution in [3.63, 3.8) is 0 Å². The van der Waals surface area contributed by atoms with Crippen LogP contribution in [0.25, 0.3) is 0 Å². The minimum absolute atomic E-state index is 0. The summed E-state index contributed by atoms with van der Waals surface area (Å²) in [5.41, 5.74) is 7.79. The lowest BCUT2D eigenvalue weighted by Crippen LogP contribution is -2.41. The van der Waals surface area contributed by atoms with Gasteiger partial charge in [-0.2, -0.15) is 0 Å². The second kappa shape index (κ2) is 7.87. The first-order chi connectivity index (χ1) is 8.82. The van der Waals surface area contributed by atoms with E-state index in [1.165, 1.54) is 9.80 Å². The van der Waals surface area contributed by atoms with E-state index in [0.717, 1.165) is 11.1 Å². The van der Waals surface area contributed by atoms with E-state index < -0.39 is 6.04 Å². The van der Waals surface area contributed by atoms with Crippen molar-refractivity contribution < 1.29 is 9.59 Å². The molecule has 0 aliphatic rings. The van der Waals surface area contributed by atoms with E-state index >= 15 is 0 Å². The van der Waals surface area contributed by atoms with Gasteiger partial charge < -0.3 is 15.5 Å². The van der Waals surface area contributed by atoms with Crippen LogP contribution in [0.3, 0.4) is 0 Å². The molecule has 1 atom stereocenters. The minimum Gasteiger partial charge on any atom is -0.347 e. The lowest BCUT2D eigenvalue weighted by Gasteiger charge is -2.22. The van der Waals surface area contributed by atoms with Gasteiger partial charge in [-0.25, -0.2) is 0 Å². The quantitative estimate of drug-likeness (QED) is 0.900. The number of carbonyl (C=O) groups excluding carboxylic acids is 2. The van der Waals surface area contributed by atoms with Gasteiger partial charge in [0.15, 0.2) is 0 Å². The number of halogens is 1. The number of carbonyl (C=O) groups is 2. The van der Waals surface area contributed by atoms with Crippen LogP contribution >= 0.6 is 12.4 Å². The predicted molar refractivity (Wildman–Crippen MR) is 81.7 cm³/mol. The van der Waals surface area contributed by atoms with Crippen LogP contribution in [-0.2, 0) is 9.59 Å². The Kier molecular flexibility index (Phi) is 7.24. The fourth-order valence-electron chi connectivity index (χ4n) is 1.58. The number of amides is 2. The number of hydrogen-bond donors (Lipinski definition) is 1. The molecule has 0 bridgehead atoms. The second-order valence-corrected chi connectivity index (χ2v) is 4.87. The summed E-state index contributed by atoms with van der Waals surface area (Å²) in [7, 11) is 4.89. The lowest BCUT2D eigenvalue weighted by molar-refractivity contribution is -0.138. The Labute approximate surface area is 126 Å². The van der Waals surface area contributed by atoms with Crippen LogP contribution in [0.2, 0.25) is 0 Å². The van der Waals surface area contributed by atoms with Gasteiger partial charge in [0.1, 0.15) is 6.04 Å². The molecule has 0 aromatic heterocycles. The molecule has 1 aromatic rings. The number of hydrogen-bond acceptors (Lipinski definition) is 3. The largest absolute Gasteiger partial charge is 0.347 e. The average molecular weight is 300 g/mol. The maximum atomic E-state index is 12.1. The first-order valence-corrected chi connectivity index (χ1v) is 6.10. The van der Waals surface area contributed by atoms with Crippen molar-refractivity contribution in [2.45, 2.75) is 13.0 Å². The van der Waals surface area contributed by atoms with Crippen LogP contribution in [0.5, 0.6) is 0 Å². The number of aryl methyl sites for hydroxylation is 1. The molecular formula is C14H22ClN3O2. The van der Waals surface area contributed by atoms with E-state index in [1.807, 2.05) is 31.2 Å². The number of rotatable bonds is 4. The Morgan fingerprint density at radius 2 is 1.65 bits per heavy atom. The van der Waals surface area contributed by atoms with Crippen molar-refractivity contribution in [2.24, 2.45) is 5.73 Å². The van der Waals surface area contributed by atoms with E-state index in [-0.39, 0.29) is 30.8 Å². The smallest absolute Gasteiger partial charge is 0.244 e. The van der Waals surface area contributed by atoms with E-state index in [0.29, 0.717) is 0 Å². The molecule has 2 N–H and O–H groups in total. The molecule has 0 heterocycles. The van der Waals surface area contributed by atoms with Gasteiger partial charge in [0.2, 0.25) is 11.8 Å². The first-order valence-electron chi connectivity index (χ1n) is 6.10. The minimum atomic E-state index is -0.736. The van der Waals surface area contributed by atoms with Crippen molar-refractivity contribution in [1.29, 1.82) is 0 Å². The van der Waals surface area contributed by atoms with Gasteiger partial charge in [0.25, 0.3) is 0 Å². The van der Waals surface area contributed by atoms with Gasteiger partial charge in [0, 0.05) is 21.1 Å². The summed E-state index contributed by atoms with van der Waals surface area (Å²) >= 11 is 0. The van der Waals surface area contributed by atoms with E-state index in [1.54, 1.807) is 21.1 Å². The number of nitrogens with two attached hydrogens (primary N) is 1. The van der Waals surface area contributed by atoms with Crippen molar-refractivity contribution in [1.82, 2.24) is 9.80 Å². The SMILES string of the molecule is Cc1ccc(C(N)C(=O)N(C)CC(=O)N(C)C)cc1.Cl. The molecular weight excluding hydrogens is 278 g/mol. The third-order valence-corrected chi connectivity index (χ3v) is 2.95. The van der Waals surface area contributed by atoms with E-state index in [9.17, 15) is 9.59 Å². The zero-order chi connectivity index (χ0) is 14.6. The fourth-order valence-corrected chi connectivity index (χ4v) is 1.58. The Bertz CT molecular complexity index is 460. The van der Waals surface area contributed by atoms with Crippen molar-refractivity contribution >= 4 is 24.2 Å². The molecule has 20 heavy (non-hydrogen) atoms. The molecule has 1 aromatic carbocycles. The predicted octanol–water partition coefficient (Wildman–Crippen LogP) is 0.963. The van der Waals surface area contributed by atoms with Crippen LogP contribution in [-0.4, -0.2) is 49.3 Å². The van der Waals surface area contributed by atoms with Crippen molar-refractivity contribution in [3.05, 3.63) is 35.4 Å². The summed E-state index contributed by atoms with van der Waals surface area (Å²) in [6, 6.07) is 6.75. The molecule has 112 valence electrons. The molecule has 0 fully saturated rings. The summed E-state index contributed by atoms with van der Waals surface area (Å²) in [6.45, 7) is 2.00. The molecule has 1 unspecified atom stereocenters. The monoisotopic (exact) mass is 299 g/mol. The molecule has 0 saturated carbocycles.